The summed E-state index contributed by atoms with van der Waals surface area (Å²) in [6, 6.07) is 3.67. The van der Waals surface area contributed by atoms with Crippen LogP contribution in [0.4, 0.5) is 6.01 Å². The molecule has 0 spiro atoms. The fourth-order valence-electron chi connectivity index (χ4n) is 1.23. The Morgan fingerprint density at radius 3 is 2.94 bits per heavy atom. The quantitative estimate of drug-likeness (QED) is 0.729. The highest BCUT2D eigenvalue weighted by molar-refractivity contribution is 7.13. The van der Waals surface area contributed by atoms with Gasteiger partial charge < -0.3 is 14.6 Å². The fraction of sp³-hybridized carbons (Fsp3) is 0. The van der Waals surface area contributed by atoms with Crippen molar-refractivity contribution < 1.29 is 8.83 Å². The van der Waals surface area contributed by atoms with E-state index in [0.29, 0.717) is 16.7 Å². The molecule has 0 atom stereocenters. The molecule has 0 fully saturated rings. The highest BCUT2D eigenvalue weighted by Crippen LogP contribution is 2.28. The van der Waals surface area contributed by atoms with Crippen LogP contribution in [0.15, 0.2) is 32.6 Å². The van der Waals surface area contributed by atoms with E-state index in [2.05, 4.69) is 15.2 Å². The molecule has 0 amide bonds. The second-order valence-electron chi connectivity index (χ2n) is 2.96. The highest BCUT2D eigenvalue weighted by Gasteiger charge is 2.13. The molecule has 3 rings (SSSR count). The predicted octanol–water partition coefficient (Wildman–Crippen LogP) is 2.04. The fourth-order valence-corrected chi connectivity index (χ4v) is 1.96. The lowest BCUT2D eigenvalue weighted by Gasteiger charge is -1.86. The summed E-state index contributed by atoms with van der Waals surface area (Å²) >= 11 is 1.39. The molecular weight excluding hydrogens is 228 g/mol. The molecule has 3 aromatic rings. The van der Waals surface area contributed by atoms with Crippen LogP contribution < -0.4 is 5.73 Å². The van der Waals surface area contributed by atoms with Crippen LogP contribution in [0.1, 0.15) is 0 Å². The Morgan fingerprint density at radius 1 is 1.31 bits per heavy atom. The molecule has 16 heavy (non-hydrogen) atoms. The van der Waals surface area contributed by atoms with Crippen LogP contribution >= 0.6 is 11.3 Å². The van der Waals surface area contributed by atoms with E-state index >= 15 is 0 Å². The summed E-state index contributed by atoms with van der Waals surface area (Å²) in [6.07, 6.45) is 1.60. The van der Waals surface area contributed by atoms with E-state index in [4.69, 9.17) is 14.6 Å². The van der Waals surface area contributed by atoms with Crippen molar-refractivity contribution in [3.8, 4) is 22.4 Å². The molecule has 0 radical (unpaired) electrons. The van der Waals surface area contributed by atoms with Crippen LogP contribution in [-0.4, -0.2) is 15.2 Å². The van der Waals surface area contributed by atoms with Crippen LogP contribution in [0.2, 0.25) is 0 Å². The van der Waals surface area contributed by atoms with Gasteiger partial charge in [-0.3, -0.25) is 0 Å². The Balaban J connectivity index is 2.00. The normalized spacial score (nSPS) is 10.8. The molecule has 0 aliphatic rings. The van der Waals surface area contributed by atoms with Crippen molar-refractivity contribution in [3.05, 3.63) is 23.8 Å². The number of hydrogen-bond donors (Lipinski definition) is 1. The average Bonchev–Trinajstić information content (AvgIpc) is 2.97. The van der Waals surface area contributed by atoms with Crippen LogP contribution in [0.25, 0.3) is 22.4 Å². The van der Waals surface area contributed by atoms with E-state index in [1.807, 2.05) is 11.4 Å². The number of hydrogen-bond acceptors (Lipinski definition) is 7. The lowest BCUT2D eigenvalue weighted by Crippen LogP contribution is -1.81. The molecule has 3 aromatic heterocycles. The van der Waals surface area contributed by atoms with E-state index in [9.17, 15) is 0 Å². The minimum Gasteiger partial charge on any atom is -0.463 e. The molecule has 7 heteroatoms. The third-order valence-electron chi connectivity index (χ3n) is 1.90. The number of nitrogens with two attached hydrogens (primary N) is 1. The van der Waals surface area contributed by atoms with Gasteiger partial charge in [-0.1, -0.05) is 5.10 Å². The van der Waals surface area contributed by atoms with Gasteiger partial charge in [-0.2, -0.15) is 0 Å². The molecule has 0 saturated heterocycles. The van der Waals surface area contributed by atoms with Crippen LogP contribution in [-0.2, 0) is 0 Å². The van der Waals surface area contributed by atoms with Gasteiger partial charge in [-0.15, -0.1) is 16.4 Å². The zero-order valence-corrected chi connectivity index (χ0v) is 8.77. The lowest BCUT2D eigenvalue weighted by molar-refractivity contribution is 0.579. The molecule has 80 valence electrons. The number of anilines is 1. The van der Waals surface area contributed by atoms with Gasteiger partial charge in [0, 0.05) is 5.38 Å². The van der Waals surface area contributed by atoms with Gasteiger partial charge in [0.2, 0.25) is 0 Å². The van der Waals surface area contributed by atoms with E-state index in [0.717, 1.165) is 5.69 Å². The molecule has 0 aliphatic heterocycles. The van der Waals surface area contributed by atoms with Crippen LogP contribution in [0.5, 0.6) is 0 Å². The Labute approximate surface area is 93.7 Å². The minimum atomic E-state index is 0.0322. The Bertz CT molecular complexity index is 599. The summed E-state index contributed by atoms with van der Waals surface area (Å²) < 4.78 is 10.3. The van der Waals surface area contributed by atoms with Crippen molar-refractivity contribution in [1.82, 2.24) is 15.2 Å². The van der Waals surface area contributed by atoms with E-state index < -0.39 is 0 Å². The molecule has 0 saturated carbocycles. The first-order valence-electron chi connectivity index (χ1n) is 4.42. The largest absolute Gasteiger partial charge is 0.463 e. The molecule has 0 bridgehead atoms. The predicted molar refractivity (Wildman–Crippen MR) is 57.5 cm³/mol. The number of aromatic nitrogens is 3. The number of furan rings is 1. The molecule has 2 N–H and O–H groups in total. The summed E-state index contributed by atoms with van der Waals surface area (Å²) in [4.78, 5) is 4.31. The van der Waals surface area contributed by atoms with Gasteiger partial charge in [0.15, 0.2) is 10.8 Å². The zero-order valence-electron chi connectivity index (χ0n) is 7.95. The third-order valence-corrected chi connectivity index (χ3v) is 2.73. The molecule has 0 aromatic carbocycles. The third kappa shape index (κ3) is 1.47. The summed E-state index contributed by atoms with van der Waals surface area (Å²) in [6.45, 7) is 0. The Kier molecular flexibility index (Phi) is 1.97. The number of thiazole rings is 1. The number of nitrogens with zero attached hydrogens (tertiary/aromatic N) is 3. The van der Waals surface area contributed by atoms with Gasteiger partial charge in [-0.25, -0.2) is 4.98 Å². The van der Waals surface area contributed by atoms with Gasteiger partial charge >= 0.3 is 6.01 Å². The summed E-state index contributed by atoms with van der Waals surface area (Å²) in [5, 5.41) is 9.80. The Morgan fingerprint density at radius 2 is 2.25 bits per heavy atom. The molecule has 0 unspecified atom stereocenters. The van der Waals surface area contributed by atoms with E-state index in [1.54, 1.807) is 12.3 Å². The maximum atomic E-state index is 5.34. The monoisotopic (exact) mass is 234 g/mol. The zero-order chi connectivity index (χ0) is 11.0. The van der Waals surface area contributed by atoms with Crippen molar-refractivity contribution in [2.75, 3.05) is 5.73 Å². The van der Waals surface area contributed by atoms with Crippen molar-refractivity contribution in [2.24, 2.45) is 0 Å². The second kappa shape index (κ2) is 3.46. The molecule has 3 heterocycles. The van der Waals surface area contributed by atoms with E-state index in [1.165, 1.54) is 11.3 Å². The standard InChI is InChI=1S/C9H6N4O2S/c10-9-13-12-7(15-9)8-11-5(4-16-8)6-2-1-3-14-6/h1-4H,(H2,10,13). The van der Waals surface area contributed by atoms with Gasteiger partial charge in [0.05, 0.1) is 6.26 Å². The Hall–Kier alpha value is -2.15. The van der Waals surface area contributed by atoms with Crippen molar-refractivity contribution in [1.29, 1.82) is 0 Å². The topological polar surface area (TPSA) is 91.0 Å². The van der Waals surface area contributed by atoms with Gasteiger partial charge in [0.25, 0.3) is 5.89 Å². The minimum absolute atomic E-state index is 0.0322. The first-order valence-corrected chi connectivity index (χ1v) is 5.29. The summed E-state index contributed by atoms with van der Waals surface area (Å²) in [5.41, 5.74) is 6.07. The van der Waals surface area contributed by atoms with Crippen molar-refractivity contribution in [2.45, 2.75) is 0 Å². The molecule has 6 nitrogen and oxygen atoms in total. The maximum Gasteiger partial charge on any atom is 0.313 e. The first kappa shape index (κ1) is 9.10. The highest BCUT2D eigenvalue weighted by atomic mass is 32.1. The maximum absolute atomic E-state index is 5.34. The lowest BCUT2D eigenvalue weighted by atomic mass is 10.4. The SMILES string of the molecule is Nc1nnc(-c2nc(-c3ccco3)cs2)o1. The number of nitrogen functional groups attached to an aromatic ring is 1. The van der Waals surface area contributed by atoms with Gasteiger partial charge in [0.1, 0.15) is 5.69 Å². The first-order chi connectivity index (χ1) is 7.83. The average molecular weight is 234 g/mol. The van der Waals surface area contributed by atoms with Crippen molar-refractivity contribution in [3.63, 3.8) is 0 Å². The van der Waals surface area contributed by atoms with Crippen LogP contribution in [0, 0.1) is 0 Å². The smallest absolute Gasteiger partial charge is 0.313 e. The summed E-state index contributed by atoms with van der Waals surface area (Å²) in [7, 11) is 0. The molecular formula is C9H6N4O2S. The van der Waals surface area contributed by atoms with E-state index in [-0.39, 0.29) is 6.01 Å². The summed E-state index contributed by atoms with van der Waals surface area (Å²) in [5.74, 6) is 1.02. The molecule has 0 aliphatic carbocycles. The second-order valence-corrected chi connectivity index (χ2v) is 3.82. The van der Waals surface area contributed by atoms with Crippen molar-refractivity contribution >= 4 is 17.4 Å². The van der Waals surface area contributed by atoms with Crippen LogP contribution in [0.3, 0.4) is 0 Å². The van der Waals surface area contributed by atoms with Gasteiger partial charge in [-0.05, 0) is 12.1 Å². The number of rotatable bonds is 2.